The molecule has 0 aliphatic heterocycles. The zero-order valence-electron chi connectivity index (χ0n) is 22.1. The molecular weight excluding hydrogens is 472 g/mol. The molecule has 5 saturated carbocycles. The van der Waals surface area contributed by atoms with Crippen molar-refractivity contribution >= 4 is 28.5 Å². The average Bonchev–Trinajstić information content (AvgIpc) is 3.16. The molecule has 5 aliphatic rings. The normalized spacial score (nSPS) is 28.8. The zero-order chi connectivity index (χ0) is 25.7. The number of hydrogen-bond donors (Lipinski definition) is 3. The molecule has 198 valence electrons. The lowest BCUT2D eigenvalue weighted by atomic mass is 9.49. The monoisotopic (exact) mass is 510 g/mol. The smallest absolute Gasteiger partial charge is 0.251 e. The fraction of sp³-hybridized carbons (Fsp3) is 0.531. The van der Waals surface area contributed by atoms with Crippen LogP contribution in [0.15, 0.2) is 42.5 Å². The Morgan fingerprint density at radius 3 is 2.16 bits per heavy atom. The van der Waals surface area contributed by atoms with Gasteiger partial charge in [0.1, 0.15) is 5.82 Å². The predicted octanol–water partition coefficient (Wildman–Crippen LogP) is 6.84. The fourth-order valence-corrected chi connectivity index (χ4v) is 8.35. The molecule has 0 unspecified atom stereocenters. The van der Waals surface area contributed by atoms with Gasteiger partial charge in [0.2, 0.25) is 5.91 Å². The summed E-state index contributed by atoms with van der Waals surface area (Å²) in [7, 11) is 0. The molecule has 6 heteroatoms. The van der Waals surface area contributed by atoms with Crippen LogP contribution in [0.2, 0.25) is 0 Å². The van der Waals surface area contributed by atoms with Crippen LogP contribution in [0, 0.1) is 23.2 Å². The van der Waals surface area contributed by atoms with Gasteiger partial charge in [-0.3, -0.25) is 9.59 Å². The topological polar surface area (TPSA) is 86.9 Å². The van der Waals surface area contributed by atoms with Crippen LogP contribution in [-0.2, 0) is 4.79 Å². The van der Waals surface area contributed by atoms with Crippen molar-refractivity contribution < 1.29 is 9.59 Å². The summed E-state index contributed by atoms with van der Waals surface area (Å²) in [5.41, 5.74) is 4.06. The number of carbonyl (C=O) groups is 2. The Morgan fingerprint density at radius 1 is 0.842 bits per heavy atom. The summed E-state index contributed by atoms with van der Waals surface area (Å²) in [4.78, 5) is 34.4. The van der Waals surface area contributed by atoms with Gasteiger partial charge in [0.25, 0.3) is 5.91 Å². The largest absolute Gasteiger partial charge is 0.349 e. The zero-order valence-corrected chi connectivity index (χ0v) is 22.1. The van der Waals surface area contributed by atoms with E-state index in [1.807, 2.05) is 42.5 Å². The summed E-state index contributed by atoms with van der Waals surface area (Å²) in [6, 6.07) is 13.9. The van der Waals surface area contributed by atoms with Crippen LogP contribution >= 0.6 is 0 Å². The summed E-state index contributed by atoms with van der Waals surface area (Å²) >= 11 is 0. The van der Waals surface area contributed by atoms with Gasteiger partial charge in [-0.1, -0.05) is 37.8 Å². The SMILES string of the molecule is O=C(NC1CCCCCC1)c1ccc(-c2nc3ccc(NC(=O)C45CC6CC(CC(C6)C4)C5)cc3[nH]2)cc1. The summed E-state index contributed by atoms with van der Waals surface area (Å²) < 4.78 is 0. The first-order chi connectivity index (χ1) is 18.5. The first-order valence-corrected chi connectivity index (χ1v) is 14.8. The van der Waals surface area contributed by atoms with Gasteiger partial charge >= 0.3 is 0 Å². The average molecular weight is 511 g/mol. The van der Waals surface area contributed by atoms with E-state index in [9.17, 15) is 9.59 Å². The van der Waals surface area contributed by atoms with E-state index in [-0.39, 0.29) is 23.3 Å². The number of H-pyrrole nitrogens is 1. The molecule has 5 fully saturated rings. The summed E-state index contributed by atoms with van der Waals surface area (Å²) in [5.74, 6) is 3.23. The van der Waals surface area contributed by atoms with Crippen LogP contribution in [0.25, 0.3) is 22.4 Å². The van der Waals surface area contributed by atoms with Crippen molar-refractivity contribution in [3.8, 4) is 11.4 Å². The minimum atomic E-state index is -0.160. The number of nitrogens with one attached hydrogen (secondary N) is 3. The third kappa shape index (κ3) is 4.52. The Labute approximate surface area is 224 Å². The van der Waals surface area contributed by atoms with Crippen LogP contribution in [-0.4, -0.2) is 27.8 Å². The van der Waals surface area contributed by atoms with Gasteiger partial charge in [-0.15, -0.1) is 0 Å². The van der Waals surface area contributed by atoms with Gasteiger partial charge < -0.3 is 15.6 Å². The second-order valence-corrected chi connectivity index (χ2v) is 12.7. The highest BCUT2D eigenvalue weighted by Crippen LogP contribution is 2.60. The lowest BCUT2D eigenvalue weighted by Crippen LogP contribution is -2.51. The van der Waals surface area contributed by atoms with Gasteiger partial charge in [0.15, 0.2) is 0 Å². The quantitative estimate of drug-likeness (QED) is 0.329. The lowest BCUT2D eigenvalue weighted by molar-refractivity contribution is -0.140. The van der Waals surface area contributed by atoms with Crippen LogP contribution in [0.1, 0.15) is 87.4 Å². The summed E-state index contributed by atoms with van der Waals surface area (Å²) in [6.45, 7) is 0. The Morgan fingerprint density at radius 2 is 1.50 bits per heavy atom. The number of hydrogen-bond acceptors (Lipinski definition) is 3. The molecule has 3 aromatic rings. The van der Waals surface area contributed by atoms with Crippen LogP contribution < -0.4 is 10.6 Å². The molecule has 0 saturated heterocycles. The molecule has 1 aromatic heterocycles. The second-order valence-electron chi connectivity index (χ2n) is 12.7. The van der Waals surface area contributed by atoms with Crippen molar-refractivity contribution in [2.24, 2.45) is 23.2 Å². The van der Waals surface area contributed by atoms with E-state index in [1.54, 1.807) is 0 Å². The number of carbonyl (C=O) groups excluding carboxylic acids is 2. The third-order valence-corrected chi connectivity index (χ3v) is 9.87. The Balaban J connectivity index is 1.04. The van der Waals surface area contributed by atoms with Crippen LogP contribution in [0.5, 0.6) is 0 Å². The molecule has 0 atom stereocenters. The number of anilines is 1. The van der Waals surface area contributed by atoms with Crippen molar-refractivity contribution in [2.45, 2.75) is 83.1 Å². The molecule has 3 N–H and O–H groups in total. The number of amides is 2. The number of fused-ring (bicyclic) bond motifs is 1. The van der Waals surface area contributed by atoms with E-state index in [0.29, 0.717) is 5.56 Å². The number of aromatic amines is 1. The molecule has 2 amide bonds. The van der Waals surface area contributed by atoms with E-state index >= 15 is 0 Å². The van der Waals surface area contributed by atoms with Gasteiger partial charge in [0.05, 0.1) is 16.4 Å². The Hall–Kier alpha value is -3.15. The molecule has 2 aromatic carbocycles. The van der Waals surface area contributed by atoms with Crippen molar-refractivity contribution in [1.82, 2.24) is 15.3 Å². The van der Waals surface area contributed by atoms with Crippen molar-refractivity contribution in [3.63, 3.8) is 0 Å². The van der Waals surface area contributed by atoms with Gasteiger partial charge in [-0.05, 0) is 99.5 Å². The molecule has 5 aliphatic carbocycles. The standard InChI is InChI=1S/C32H38N4O2/c37-30(33-25-5-3-1-2-4-6-25)24-9-7-23(8-10-24)29-35-27-12-11-26(16-28(27)36-29)34-31(38)32-17-20-13-21(18-32)15-22(14-20)19-32/h7-12,16,20-22,25H,1-6,13-15,17-19H2,(H,33,37)(H,34,38)(H,35,36). The molecule has 0 radical (unpaired) electrons. The first kappa shape index (κ1) is 23.9. The maximum Gasteiger partial charge on any atom is 0.251 e. The van der Waals surface area contributed by atoms with Gasteiger partial charge in [-0.2, -0.15) is 0 Å². The van der Waals surface area contributed by atoms with Crippen LogP contribution in [0.4, 0.5) is 5.69 Å². The Bertz CT molecular complexity index is 1310. The molecule has 38 heavy (non-hydrogen) atoms. The third-order valence-electron chi connectivity index (χ3n) is 9.87. The number of benzene rings is 2. The Kier molecular flexibility index (Phi) is 6.01. The summed E-state index contributed by atoms with van der Waals surface area (Å²) in [5, 5.41) is 6.49. The molecule has 1 heterocycles. The number of nitrogens with zero attached hydrogens (tertiary/aromatic N) is 1. The number of rotatable bonds is 5. The van der Waals surface area contributed by atoms with E-state index in [4.69, 9.17) is 4.98 Å². The number of imidazole rings is 1. The number of aromatic nitrogens is 2. The fourth-order valence-electron chi connectivity index (χ4n) is 8.35. The van der Waals surface area contributed by atoms with E-state index in [1.165, 1.54) is 44.9 Å². The van der Waals surface area contributed by atoms with Crippen LogP contribution in [0.3, 0.4) is 0 Å². The second kappa shape index (κ2) is 9.55. The van der Waals surface area contributed by atoms with Crippen molar-refractivity contribution in [3.05, 3.63) is 48.0 Å². The first-order valence-electron chi connectivity index (χ1n) is 14.8. The minimum Gasteiger partial charge on any atom is -0.349 e. The van der Waals surface area contributed by atoms with E-state index < -0.39 is 0 Å². The highest BCUT2D eigenvalue weighted by Gasteiger charge is 2.54. The molecule has 0 spiro atoms. The highest BCUT2D eigenvalue weighted by atomic mass is 16.2. The van der Waals surface area contributed by atoms with Gasteiger partial charge in [-0.25, -0.2) is 4.98 Å². The molecular formula is C32H38N4O2. The molecule has 4 bridgehead atoms. The van der Waals surface area contributed by atoms with Gasteiger partial charge in [0, 0.05) is 22.9 Å². The van der Waals surface area contributed by atoms with E-state index in [2.05, 4.69) is 15.6 Å². The molecule has 8 rings (SSSR count). The summed E-state index contributed by atoms with van der Waals surface area (Å²) in [6.07, 6.45) is 14.3. The maximum atomic E-state index is 13.5. The minimum absolute atomic E-state index is 0.00691. The van der Waals surface area contributed by atoms with Crippen molar-refractivity contribution in [2.75, 3.05) is 5.32 Å². The maximum absolute atomic E-state index is 13.5. The highest BCUT2D eigenvalue weighted by molar-refractivity contribution is 5.97. The molecule has 6 nitrogen and oxygen atoms in total. The van der Waals surface area contributed by atoms with E-state index in [0.717, 1.165) is 78.0 Å². The predicted molar refractivity (Wildman–Crippen MR) is 150 cm³/mol. The van der Waals surface area contributed by atoms with Crippen molar-refractivity contribution in [1.29, 1.82) is 0 Å². The lowest BCUT2D eigenvalue weighted by Gasteiger charge is -2.55.